The average Bonchev–Trinajstić information content (AvgIpc) is 3.29. The highest BCUT2D eigenvalue weighted by atomic mass is 15.4. The lowest BCUT2D eigenvalue weighted by Gasteiger charge is -2.36. The van der Waals surface area contributed by atoms with Crippen LogP contribution in [0.1, 0.15) is 32.2 Å². The maximum Gasteiger partial charge on any atom is 0.154 e. The molecule has 0 unspecified atom stereocenters. The SMILES string of the molecule is Cc1cc2c(N3CCN(c4ccc5nc(C(C)(C)C)cn5n4)CC3)nccn2n1. The summed E-state index contributed by atoms with van der Waals surface area (Å²) in [7, 11) is 0. The van der Waals surface area contributed by atoms with E-state index in [1.807, 2.05) is 34.5 Å². The topological polar surface area (TPSA) is 66.9 Å². The fourth-order valence-electron chi connectivity index (χ4n) is 3.82. The van der Waals surface area contributed by atoms with Crippen molar-refractivity contribution in [1.82, 2.24) is 29.2 Å². The van der Waals surface area contributed by atoms with E-state index in [-0.39, 0.29) is 5.41 Å². The van der Waals surface area contributed by atoms with Crippen molar-refractivity contribution in [2.75, 3.05) is 36.0 Å². The normalized spacial score (nSPS) is 15.6. The second kappa shape index (κ2) is 6.43. The molecule has 0 aromatic carbocycles. The van der Waals surface area contributed by atoms with E-state index in [1.54, 1.807) is 0 Å². The lowest BCUT2D eigenvalue weighted by Crippen LogP contribution is -2.47. The number of rotatable bonds is 2. The standard InChI is InChI=1S/C21H26N8/c1-15-13-16-20(22-7-8-28(16)24-15)27-11-9-26(10-12-27)19-6-5-18-23-17(21(2,3)4)14-29(18)25-19/h5-8,13-14H,9-12H2,1-4H3. The van der Waals surface area contributed by atoms with E-state index in [9.17, 15) is 0 Å². The van der Waals surface area contributed by atoms with Gasteiger partial charge in [-0.1, -0.05) is 20.8 Å². The number of aryl methyl sites for hydroxylation is 1. The Hall–Kier alpha value is -3.16. The Morgan fingerprint density at radius 2 is 1.69 bits per heavy atom. The van der Waals surface area contributed by atoms with Gasteiger partial charge in [-0.05, 0) is 25.1 Å². The molecule has 0 radical (unpaired) electrons. The molecule has 5 rings (SSSR count). The lowest BCUT2D eigenvalue weighted by molar-refractivity contribution is 0.572. The first-order chi connectivity index (χ1) is 13.9. The quantitative estimate of drug-likeness (QED) is 0.524. The van der Waals surface area contributed by atoms with Crippen LogP contribution in [0.25, 0.3) is 11.2 Å². The highest BCUT2D eigenvalue weighted by molar-refractivity contribution is 5.69. The van der Waals surface area contributed by atoms with Crippen LogP contribution in [-0.4, -0.2) is 55.4 Å². The molecular formula is C21H26N8. The van der Waals surface area contributed by atoms with E-state index < -0.39 is 0 Å². The van der Waals surface area contributed by atoms with Gasteiger partial charge in [-0.2, -0.15) is 5.10 Å². The van der Waals surface area contributed by atoms with Crippen molar-refractivity contribution in [3.63, 3.8) is 0 Å². The fraction of sp³-hybridized carbons (Fsp3) is 0.429. The first-order valence-corrected chi connectivity index (χ1v) is 10.1. The van der Waals surface area contributed by atoms with Gasteiger partial charge in [0, 0.05) is 44.0 Å². The molecule has 5 heterocycles. The van der Waals surface area contributed by atoms with Gasteiger partial charge in [0.05, 0.1) is 17.6 Å². The Bertz CT molecular complexity index is 1170. The number of fused-ring (bicyclic) bond motifs is 2. The smallest absolute Gasteiger partial charge is 0.154 e. The van der Waals surface area contributed by atoms with Gasteiger partial charge in [-0.15, -0.1) is 5.10 Å². The molecule has 0 saturated carbocycles. The first kappa shape index (κ1) is 17.9. The second-order valence-corrected chi connectivity index (χ2v) is 8.71. The van der Waals surface area contributed by atoms with E-state index in [0.717, 1.165) is 60.4 Å². The van der Waals surface area contributed by atoms with Gasteiger partial charge in [-0.3, -0.25) is 0 Å². The summed E-state index contributed by atoms with van der Waals surface area (Å²) in [6.07, 6.45) is 5.77. The number of anilines is 2. The third-order valence-corrected chi connectivity index (χ3v) is 5.47. The molecule has 1 aliphatic rings. The number of piperazine rings is 1. The second-order valence-electron chi connectivity index (χ2n) is 8.71. The number of aromatic nitrogens is 6. The first-order valence-electron chi connectivity index (χ1n) is 10.1. The summed E-state index contributed by atoms with van der Waals surface area (Å²) in [5, 5.41) is 9.32. The summed E-state index contributed by atoms with van der Waals surface area (Å²) in [6, 6.07) is 6.22. The van der Waals surface area contributed by atoms with Crippen LogP contribution >= 0.6 is 0 Å². The lowest BCUT2D eigenvalue weighted by atomic mass is 9.93. The van der Waals surface area contributed by atoms with E-state index >= 15 is 0 Å². The summed E-state index contributed by atoms with van der Waals surface area (Å²) in [5.74, 6) is 1.99. The average molecular weight is 390 g/mol. The molecule has 0 N–H and O–H groups in total. The highest BCUT2D eigenvalue weighted by Gasteiger charge is 2.22. The van der Waals surface area contributed by atoms with Gasteiger partial charge in [0.2, 0.25) is 0 Å². The van der Waals surface area contributed by atoms with Crippen molar-refractivity contribution in [3.8, 4) is 0 Å². The van der Waals surface area contributed by atoms with Gasteiger partial charge < -0.3 is 9.80 Å². The van der Waals surface area contributed by atoms with Crippen molar-refractivity contribution in [2.24, 2.45) is 0 Å². The highest BCUT2D eigenvalue weighted by Crippen LogP contribution is 2.24. The molecular weight excluding hydrogens is 364 g/mol. The molecule has 4 aromatic rings. The molecule has 1 saturated heterocycles. The molecule has 0 atom stereocenters. The third-order valence-electron chi connectivity index (χ3n) is 5.47. The van der Waals surface area contributed by atoms with Crippen molar-refractivity contribution >= 4 is 22.8 Å². The van der Waals surface area contributed by atoms with Crippen molar-refractivity contribution in [1.29, 1.82) is 0 Å². The summed E-state index contributed by atoms with van der Waals surface area (Å²) >= 11 is 0. The van der Waals surface area contributed by atoms with Gasteiger partial charge in [0.1, 0.15) is 11.3 Å². The Morgan fingerprint density at radius 1 is 0.931 bits per heavy atom. The molecule has 8 nitrogen and oxygen atoms in total. The third kappa shape index (κ3) is 3.18. The largest absolute Gasteiger partial charge is 0.352 e. The van der Waals surface area contributed by atoms with Gasteiger partial charge in [0.25, 0.3) is 0 Å². The molecule has 8 heteroatoms. The van der Waals surface area contributed by atoms with Crippen LogP contribution in [0.4, 0.5) is 11.6 Å². The number of imidazole rings is 1. The van der Waals surface area contributed by atoms with Crippen molar-refractivity contribution in [3.05, 3.63) is 48.2 Å². The Morgan fingerprint density at radius 3 is 2.45 bits per heavy atom. The van der Waals surface area contributed by atoms with E-state index in [1.165, 1.54) is 0 Å². The van der Waals surface area contributed by atoms with Crippen LogP contribution in [-0.2, 0) is 5.41 Å². The minimum Gasteiger partial charge on any atom is -0.352 e. The van der Waals surface area contributed by atoms with Crippen LogP contribution in [0.5, 0.6) is 0 Å². The number of hydrogen-bond donors (Lipinski definition) is 0. The van der Waals surface area contributed by atoms with Crippen LogP contribution in [0.2, 0.25) is 0 Å². The summed E-state index contributed by atoms with van der Waals surface area (Å²) in [4.78, 5) is 14.0. The number of hydrogen-bond acceptors (Lipinski definition) is 6. The molecule has 150 valence electrons. The summed E-state index contributed by atoms with van der Waals surface area (Å²) in [6.45, 7) is 12.1. The Balaban J connectivity index is 1.36. The summed E-state index contributed by atoms with van der Waals surface area (Å²) < 4.78 is 3.81. The predicted octanol–water partition coefficient (Wildman–Crippen LogP) is 2.70. The van der Waals surface area contributed by atoms with E-state index in [2.05, 4.69) is 58.9 Å². The Labute approximate surface area is 169 Å². The minimum absolute atomic E-state index is 0.0134. The van der Waals surface area contributed by atoms with E-state index in [0.29, 0.717) is 0 Å². The zero-order valence-electron chi connectivity index (χ0n) is 17.4. The zero-order valence-corrected chi connectivity index (χ0v) is 17.4. The zero-order chi connectivity index (χ0) is 20.2. The molecule has 0 spiro atoms. The molecule has 29 heavy (non-hydrogen) atoms. The molecule has 4 aromatic heterocycles. The van der Waals surface area contributed by atoms with Crippen molar-refractivity contribution in [2.45, 2.75) is 33.1 Å². The predicted molar refractivity (Wildman–Crippen MR) is 114 cm³/mol. The molecule has 0 bridgehead atoms. The van der Waals surface area contributed by atoms with Gasteiger partial charge in [-0.25, -0.2) is 19.0 Å². The monoisotopic (exact) mass is 390 g/mol. The molecule has 0 aliphatic carbocycles. The van der Waals surface area contributed by atoms with Crippen LogP contribution in [0.15, 0.2) is 36.8 Å². The fourth-order valence-corrected chi connectivity index (χ4v) is 3.82. The maximum absolute atomic E-state index is 4.82. The number of nitrogens with zero attached hydrogens (tertiary/aromatic N) is 8. The van der Waals surface area contributed by atoms with Crippen LogP contribution in [0, 0.1) is 6.92 Å². The van der Waals surface area contributed by atoms with Gasteiger partial charge >= 0.3 is 0 Å². The summed E-state index contributed by atoms with van der Waals surface area (Å²) in [5.41, 5.74) is 4.03. The van der Waals surface area contributed by atoms with E-state index in [4.69, 9.17) is 10.1 Å². The molecule has 1 fully saturated rings. The van der Waals surface area contributed by atoms with Gasteiger partial charge in [0.15, 0.2) is 11.5 Å². The van der Waals surface area contributed by atoms with Crippen LogP contribution < -0.4 is 9.80 Å². The molecule has 0 amide bonds. The minimum atomic E-state index is 0.0134. The molecule has 1 aliphatic heterocycles. The van der Waals surface area contributed by atoms with Crippen LogP contribution in [0.3, 0.4) is 0 Å². The van der Waals surface area contributed by atoms with Crippen molar-refractivity contribution < 1.29 is 0 Å². The Kier molecular flexibility index (Phi) is 3.97. The maximum atomic E-state index is 4.82.